The summed E-state index contributed by atoms with van der Waals surface area (Å²) in [6.07, 6.45) is 1.51. The minimum atomic E-state index is -0.322. The molecule has 1 aliphatic heterocycles. The maximum Gasteiger partial charge on any atom is 0.259 e. The molecule has 5 nitrogen and oxygen atoms in total. The summed E-state index contributed by atoms with van der Waals surface area (Å²) in [6.45, 7) is 1.81. The van der Waals surface area contributed by atoms with E-state index in [0.717, 1.165) is 12.0 Å². The molecule has 1 heterocycles. The number of anilines is 1. The number of carbonyl (C=O) groups excluding carboxylic acids is 3. The summed E-state index contributed by atoms with van der Waals surface area (Å²) in [4.78, 5) is 31.5. The first-order valence-electron chi connectivity index (χ1n) is 5.25. The maximum absolute atomic E-state index is 11.2. The van der Waals surface area contributed by atoms with E-state index in [9.17, 15) is 14.4 Å². The standard InChI is InChI=1S/C9H8N2O2.C3H6O/c1-10-5-2-3-6-7(4-5)9(13)11-8(6)12;1-2-3-4/h2-4,10H,1H3,(H,11,12,13);3H,2H2,1H3. The Kier molecular flexibility index (Phi) is 4.39. The summed E-state index contributed by atoms with van der Waals surface area (Å²) >= 11 is 0. The molecule has 90 valence electrons. The minimum absolute atomic E-state index is 0.317. The van der Waals surface area contributed by atoms with Crippen LogP contribution in [0.1, 0.15) is 34.1 Å². The van der Waals surface area contributed by atoms with Gasteiger partial charge < -0.3 is 10.1 Å². The van der Waals surface area contributed by atoms with E-state index in [2.05, 4.69) is 10.6 Å². The first-order chi connectivity index (χ1) is 8.13. The van der Waals surface area contributed by atoms with Crippen molar-refractivity contribution < 1.29 is 14.4 Å². The fourth-order valence-corrected chi connectivity index (χ4v) is 1.32. The zero-order valence-corrected chi connectivity index (χ0v) is 9.74. The van der Waals surface area contributed by atoms with E-state index in [-0.39, 0.29) is 11.8 Å². The average molecular weight is 234 g/mol. The second kappa shape index (κ2) is 5.79. The molecule has 1 aliphatic rings. The predicted molar refractivity (Wildman–Crippen MR) is 64.1 cm³/mol. The SMILES string of the molecule is CCC=O.CNc1ccc2c(c1)C(=O)NC2=O. The van der Waals surface area contributed by atoms with Crippen molar-refractivity contribution in [3.05, 3.63) is 29.3 Å². The van der Waals surface area contributed by atoms with Gasteiger partial charge in [-0.15, -0.1) is 0 Å². The van der Waals surface area contributed by atoms with Crippen molar-refractivity contribution in [2.45, 2.75) is 13.3 Å². The Labute approximate surface area is 99.2 Å². The number of hydrogen-bond donors (Lipinski definition) is 2. The van der Waals surface area contributed by atoms with Crippen LogP contribution in [0.25, 0.3) is 0 Å². The molecular formula is C12H14N2O3. The smallest absolute Gasteiger partial charge is 0.259 e. The summed E-state index contributed by atoms with van der Waals surface area (Å²) in [5, 5.41) is 5.13. The number of amides is 2. The van der Waals surface area contributed by atoms with Gasteiger partial charge >= 0.3 is 0 Å². The Balaban J connectivity index is 0.000000317. The molecule has 0 radical (unpaired) electrons. The van der Waals surface area contributed by atoms with Gasteiger partial charge in [-0.05, 0) is 18.2 Å². The van der Waals surface area contributed by atoms with Crippen LogP contribution in [0.15, 0.2) is 18.2 Å². The Morgan fingerprint density at radius 1 is 1.24 bits per heavy atom. The molecule has 0 atom stereocenters. The van der Waals surface area contributed by atoms with E-state index in [1.165, 1.54) is 0 Å². The zero-order chi connectivity index (χ0) is 12.8. The van der Waals surface area contributed by atoms with Gasteiger partial charge in [0, 0.05) is 19.2 Å². The van der Waals surface area contributed by atoms with Crippen molar-refractivity contribution in [3.63, 3.8) is 0 Å². The molecule has 0 unspecified atom stereocenters. The number of hydrogen-bond acceptors (Lipinski definition) is 4. The third-order valence-corrected chi connectivity index (χ3v) is 2.19. The molecule has 2 N–H and O–H groups in total. The third-order valence-electron chi connectivity index (χ3n) is 2.19. The summed E-state index contributed by atoms with van der Waals surface area (Å²) in [5.41, 5.74) is 1.71. The molecule has 1 aromatic carbocycles. The first-order valence-corrected chi connectivity index (χ1v) is 5.25. The van der Waals surface area contributed by atoms with E-state index in [0.29, 0.717) is 17.5 Å². The lowest BCUT2D eigenvalue weighted by molar-refractivity contribution is -0.107. The van der Waals surface area contributed by atoms with Crippen LogP contribution in [-0.2, 0) is 4.79 Å². The van der Waals surface area contributed by atoms with Crippen molar-refractivity contribution in [1.82, 2.24) is 5.32 Å². The van der Waals surface area contributed by atoms with Crippen LogP contribution in [-0.4, -0.2) is 25.1 Å². The highest BCUT2D eigenvalue weighted by atomic mass is 16.2. The van der Waals surface area contributed by atoms with Crippen LogP contribution in [0.4, 0.5) is 5.69 Å². The van der Waals surface area contributed by atoms with Gasteiger partial charge in [0.05, 0.1) is 11.1 Å². The molecule has 2 amide bonds. The van der Waals surface area contributed by atoms with Crippen LogP contribution in [0.3, 0.4) is 0 Å². The number of fused-ring (bicyclic) bond motifs is 1. The van der Waals surface area contributed by atoms with Crippen LogP contribution in [0.5, 0.6) is 0 Å². The lowest BCUT2D eigenvalue weighted by atomic mass is 10.1. The molecule has 5 heteroatoms. The molecular weight excluding hydrogens is 220 g/mol. The van der Waals surface area contributed by atoms with Crippen LogP contribution in [0, 0.1) is 0 Å². The van der Waals surface area contributed by atoms with E-state index < -0.39 is 0 Å². The Hall–Kier alpha value is -2.17. The molecule has 0 aliphatic carbocycles. The number of benzene rings is 1. The monoisotopic (exact) mass is 234 g/mol. The van der Waals surface area contributed by atoms with Gasteiger partial charge in [0.2, 0.25) is 0 Å². The maximum atomic E-state index is 11.2. The number of carbonyl (C=O) groups is 3. The Morgan fingerprint density at radius 2 is 1.82 bits per heavy atom. The number of nitrogens with one attached hydrogen (secondary N) is 2. The Bertz CT molecular complexity index is 455. The predicted octanol–water partition coefficient (Wildman–Crippen LogP) is 1.21. The lowest BCUT2D eigenvalue weighted by Gasteiger charge is -2.00. The molecule has 0 spiro atoms. The molecule has 0 fully saturated rings. The second-order valence-electron chi connectivity index (χ2n) is 3.37. The van der Waals surface area contributed by atoms with Crippen molar-refractivity contribution in [1.29, 1.82) is 0 Å². The van der Waals surface area contributed by atoms with E-state index in [1.807, 2.05) is 6.92 Å². The van der Waals surface area contributed by atoms with E-state index in [1.54, 1.807) is 25.2 Å². The second-order valence-corrected chi connectivity index (χ2v) is 3.37. The molecule has 0 saturated heterocycles. The topological polar surface area (TPSA) is 75.3 Å². The summed E-state index contributed by atoms with van der Waals surface area (Å²) in [6, 6.07) is 5.06. The molecule has 1 aromatic rings. The van der Waals surface area contributed by atoms with Gasteiger partial charge in [-0.2, -0.15) is 0 Å². The fraction of sp³-hybridized carbons (Fsp3) is 0.250. The zero-order valence-electron chi connectivity index (χ0n) is 9.74. The largest absolute Gasteiger partial charge is 0.388 e. The molecule has 2 rings (SSSR count). The van der Waals surface area contributed by atoms with Gasteiger partial charge in [-0.1, -0.05) is 6.92 Å². The normalized spacial score (nSPS) is 12.1. The van der Waals surface area contributed by atoms with Crippen molar-refractivity contribution >= 4 is 23.8 Å². The van der Waals surface area contributed by atoms with Crippen molar-refractivity contribution in [3.8, 4) is 0 Å². The molecule has 0 bridgehead atoms. The number of aldehydes is 1. The molecule has 0 aromatic heterocycles. The minimum Gasteiger partial charge on any atom is -0.388 e. The first kappa shape index (κ1) is 12.9. The average Bonchev–Trinajstić information content (AvgIpc) is 2.65. The van der Waals surface area contributed by atoms with Gasteiger partial charge in [-0.25, -0.2) is 0 Å². The quantitative estimate of drug-likeness (QED) is 0.595. The number of imide groups is 1. The van der Waals surface area contributed by atoms with E-state index in [4.69, 9.17) is 0 Å². The lowest BCUT2D eigenvalue weighted by Crippen LogP contribution is -2.19. The highest BCUT2D eigenvalue weighted by Crippen LogP contribution is 2.19. The summed E-state index contributed by atoms with van der Waals surface area (Å²) < 4.78 is 0. The third kappa shape index (κ3) is 2.90. The highest BCUT2D eigenvalue weighted by molar-refractivity contribution is 6.21. The number of rotatable bonds is 2. The van der Waals surface area contributed by atoms with Crippen molar-refractivity contribution in [2.75, 3.05) is 12.4 Å². The van der Waals surface area contributed by atoms with Gasteiger partial charge in [0.15, 0.2) is 0 Å². The van der Waals surface area contributed by atoms with Crippen molar-refractivity contribution in [2.24, 2.45) is 0 Å². The van der Waals surface area contributed by atoms with Crippen LogP contribution >= 0.6 is 0 Å². The van der Waals surface area contributed by atoms with Gasteiger partial charge in [-0.3, -0.25) is 14.9 Å². The van der Waals surface area contributed by atoms with E-state index >= 15 is 0 Å². The van der Waals surface area contributed by atoms with Crippen LogP contribution in [0.2, 0.25) is 0 Å². The molecule has 0 saturated carbocycles. The molecule has 17 heavy (non-hydrogen) atoms. The highest BCUT2D eigenvalue weighted by Gasteiger charge is 2.26. The fourth-order valence-electron chi connectivity index (χ4n) is 1.32. The van der Waals surface area contributed by atoms with Gasteiger partial charge in [0.1, 0.15) is 6.29 Å². The summed E-state index contributed by atoms with van der Waals surface area (Å²) in [7, 11) is 1.76. The Morgan fingerprint density at radius 3 is 2.35 bits per heavy atom. The van der Waals surface area contributed by atoms with Gasteiger partial charge in [0.25, 0.3) is 11.8 Å². The van der Waals surface area contributed by atoms with Crippen LogP contribution < -0.4 is 10.6 Å². The summed E-state index contributed by atoms with van der Waals surface area (Å²) in [5.74, 6) is -0.639.